The Balaban J connectivity index is 2.08. The van der Waals surface area contributed by atoms with Gasteiger partial charge < -0.3 is 4.79 Å². The van der Waals surface area contributed by atoms with E-state index in [1.165, 1.54) is 32.0 Å². The zero-order chi connectivity index (χ0) is 10.8. The highest BCUT2D eigenvalue weighted by atomic mass is 16.1. The molecular formula is C14H22O. The molecule has 3 fully saturated rings. The number of carbonyl (C=O) groups is 1. The Morgan fingerprint density at radius 3 is 2.60 bits per heavy atom. The van der Waals surface area contributed by atoms with E-state index in [1.807, 2.05) is 0 Å². The Morgan fingerprint density at radius 2 is 2.00 bits per heavy atom. The van der Waals surface area contributed by atoms with Crippen molar-refractivity contribution in [2.75, 3.05) is 0 Å². The second kappa shape index (κ2) is 2.67. The SMILES string of the molecule is CC1C(C)C23CCC(CC2C1(C)C=O)C3. The van der Waals surface area contributed by atoms with Crippen LogP contribution in [0.25, 0.3) is 0 Å². The van der Waals surface area contributed by atoms with E-state index < -0.39 is 0 Å². The first-order valence-electron chi connectivity index (χ1n) is 6.51. The third kappa shape index (κ3) is 0.893. The van der Waals surface area contributed by atoms with Crippen molar-refractivity contribution < 1.29 is 4.79 Å². The van der Waals surface area contributed by atoms with Gasteiger partial charge in [-0.05, 0) is 54.8 Å². The van der Waals surface area contributed by atoms with Crippen molar-refractivity contribution in [2.24, 2.45) is 34.5 Å². The van der Waals surface area contributed by atoms with Crippen LogP contribution in [0.15, 0.2) is 0 Å². The lowest BCUT2D eigenvalue weighted by Gasteiger charge is -2.36. The highest BCUT2D eigenvalue weighted by Crippen LogP contribution is 2.73. The topological polar surface area (TPSA) is 17.1 Å². The standard InChI is InChI=1S/C14H22O/c1-9-10(2)14-5-4-11(7-14)6-12(14)13(9,3)8-15/h8-12H,4-7H2,1-3H3. The van der Waals surface area contributed by atoms with Gasteiger partial charge >= 0.3 is 0 Å². The van der Waals surface area contributed by atoms with Crippen LogP contribution < -0.4 is 0 Å². The van der Waals surface area contributed by atoms with Crippen LogP contribution in [-0.4, -0.2) is 6.29 Å². The molecule has 3 aliphatic rings. The molecule has 6 unspecified atom stereocenters. The molecule has 1 heteroatoms. The Hall–Kier alpha value is -0.330. The summed E-state index contributed by atoms with van der Waals surface area (Å²) in [6.07, 6.45) is 6.88. The third-order valence-corrected chi connectivity index (χ3v) is 6.59. The molecule has 3 rings (SSSR count). The van der Waals surface area contributed by atoms with Gasteiger partial charge in [0.1, 0.15) is 6.29 Å². The van der Waals surface area contributed by atoms with Gasteiger partial charge in [-0.15, -0.1) is 0 Å². The lowest BCUT2D eigenvalue weighted by molar-refractivity contribution is -0.120. The van der Waals surface area contributed by atoms with Gasteiger partial charge in [-0.1, -0.05) is 20.8 Å². The van der Waals surface area contributed by atoms with Crippen molar-refractivity contribution in [3.8, 4) is 0 Å². The number of hydrogen-bond acceptors (Lipinski definition) is 1. The van der Waals surface area contributed by atoms with Crippen LogP contribution in [0.5, 0.6) is 0 Å². The average molecular weight is 206 g/mol. The van der Waals surface area contributed by atoms with Crippen LogP contribution in [0.1, 0.15) is 46.5 Å². The molecule has 0 amide bonds. The molecule has 84 valence electrons. The molecule has 0 aromatic rings. The number of carbonyl (C=O) groups excluding carboxylic acids is 1. The molecule has 1 nitrogen and oxygen atoms in total. The van der Waals surface area contributed by atoms with Crippen molar-refractivity contribution in [3.63, 3.8) is 0 Å². The van der Waals surface area contributed by atoms with E-state index in [9.17, 15) is 4.79 Å². The molecule has 0 radical (unpaired) electrons. The summed E-state index contributed by atoms with van der Waals surface area (Å²) in [5.41, 5.74) is 0.536. The molecule has 0 heterocycles. The van der Waals surface area contributed by atoms with E-state index in [-0.39, 0.29) is 5.41 Å². The maximum absolute atomic E-state index is 11.5. The lowest BCUT2D eigenvalue weighted by atomic mass is 9.68. The molecule has 1 spiro atoms. The molecule has 0 aromatic carbocycles. The van der Waals surface area contributed by atoms with Crippen LogP contribution in [0.4, 0.5) is 0 Å². The van der Waals surface area contributed by atoms with Crippen LogP contribution in [-0.2, 0) is 4.79 Å². The van der Waals surface area contributed by atoms with Crippen LogP contribution >= 0.6 is 0 Å². The van der Waals surface area contributed by atoms with Crippen molar-refractivity contribution >= 4 is 6.29 Å². The molecule has 0 aliphatic heterocycles. The second-order valence-electron chi connectivity index (χ2n) is 6.69. The van der Waals surface area contributed by atoms with E-state index in [4.69, 9.17) is 0 Å². The molecular weight excluding hydrogens is 184 g/mol. The molecule has 3 saturated carbocycles. The fraction of sp³-hybridized carbons (Fsp3) is 0.929. The minimum atomic E-state index is -0.0193. The number of rotatable bonds is 1. The van der Waals surface area contributed by atoms with E-state index in [0.29, 0.717) is 17.3 Å². The lowest BCUT2D eigenvalue weighted by Crippen LogP contribution is -2.33. The first-order valence-corrected chi connectivity index (χ1v) is 6.51. The first-order chi connectivity index (χ1) is 7.04. The summed E-state index contributed by atoms with van der Waals surface area (Å²) in [7, 11) is 0. The normalized spacial score (nSPS) is 62.1. The predicted molar refractivity (Wildman–Crippen MR) is 60.4 cm³/mol. The Bertz CT molecular complexity index is 310. The highest BCUT2D eigenvalue weighted by molar-refractivity contribution is 5.62. The van der Waals surface area contributed by atoms with Gasteiger partial charge in [-0.2, -0.15) is 0 Å². The Morgan fingerprint density at radius 1 is 1.27 bits per heavy atom. The third-order valence-electron chi connectivity index (χ3n) is 6.59. The first kappa shape index (κ1) is 9.86. The van der Waals surface area contributed by atoms with Crippen molar-refractivity contribution in [1.29, 1.82) is 0 Å². The summed E-state index contributed by atoms with van der Waals surface area (Å²) >= 11 is 0. The number of hydrogen-bond donors (Lipinski definition) is 0. The predicted octanol–water partition coefficient (Wildman–Crippen LogP) is 3.28. The summed E-state index contributed by atoms with van der Waals surface area (Å²) < 4.78 is 0. The Labute approximate surface area is 92.6 Å². The highest BCUT2D eigenvalue weighted by Gasteiger charge is 2.67. The fourth-order valence-corrected chi connectivity index (χ4v) is 5.45. The number of aldehydes is 1. The molecule has 3 aliphatic carbocycles. The smallest absolute Gasteiger partial charge is 0.126 e. The van der Waals surface area contributed by atoms with Crippen LogP contribution in [0.2, 0.25) is 0 Å². The maximum atomic E-state index is 11.5. The van der Waals surface area contributed by atoms with Crippen molar-refractivity contribution in [1.82, 2.24) is 0 Å². The quantitative estimate of drug-likeness (QED) is 0.602. The minimum Gasteiger partial charge on any atom is -0.303 e. The summed E-state index contributed by atoms with van der Waals surface area (Å²) in [6.45, 7) is 6.93. The average Bonchev–Trinajstić information content (AvgIpc) is 2.87. The summed E-state index contributed by atoms with van der Waals surface area (Å²) in [4.78, 5) is 11.5. The van der Waals surface area contributed by atoms with Crippen molar-refractivity contribution in [2.45, 2.75) is 46.5 Å². The van der Waals surface area contributed by atoms with Gasteiger partial charge in [0.25, 0.3) is 0 Å². The molecule has 2 bridgehead atoms. The van der Waals surface area contributed by atoms with Crippen molar-refractivity contribution in [3.05, 3.63) is 0 Å². The largest absolute Gasteiger partial charge is 0.303 e. The van der Waals surface area contributed by atoms with Crippen LogP contribution in [0, 0.1) is 34.5 Å². The second-order valence-corrected chi connectivity index (χ2v) is 6.69. The monoisotopic (exact) mass is 206 g/mol. The fourth-order valence-electron chi connectivity index (χ4n) is 5.45. The summed E-state index contributed by atoms with van der Waals surface area (Å²) in [5, 5.41) is 0. The minimum absolute atomic E-state index is 0.0193. The summed E-state index contributed by atoms with van der Waals surface area (Å²) in [5.74, 6) is 2.99. The van der Waals surface area contributed by atoms with E-state index in [0.717, 1.165) is 11.8 Å². The van der Waals surface area contributed by atoms with Gasteiger partial charge in [-0.3, -0.25) is 0 Å². The molecule has 0 saturated heterocycles. The van der Waals surface area contributed by atoms with E-state index in [2.05, 4.69) is 20.8 Å². The van der Waals surface area contributed by atoms with Gasteiger partial charge in [0, 0.05) is 5.41 Å². The van der Waals surface area contributed by atoms with Gasteiger partial charge in [0.05, 0.1) is 0 Å². The van der Waals surface area contributed by atoms with Crippen LogP contribution in [0.3, 0.4) is 0 Å². The molecule has 0 N–H and O–H groups in total. The number of fused-ring (bicyclic) bond motifs is 1. The van der Waals surface area contributed by atoms with E-state index in [1.54, 1.807) is 0 Å². The van der Waals surface area contributed by atoms with Gasteiger partial charge in [0.15, 0.2) is 0 Å². The van der Waals surface area contributed by atoms with Gasteiger partial charge in [0.2, 0.25) is 0 Å². The Kier molecular flexibility index (Phi) is 1.76. The zero-order valence-corrected chi connectivity index (χ0v) is 10.1. The zero-order valence-electron chi connectivity index (χ0n) is 10.1. The summed E-state index contributed by atoms with van der Waals surface area (Å²) in [6, 6.07) is 0. The molecule has 0 aromatic heterocycles. The van der Waals surface area contributed by atoms with Gasteiger partial charge in [-0.25, -0.2) is 0 Å². The van der Waals surface area contributed by atoms with E-state index >= 15 is 0 Å². The maximum Gasteiger partial charge on any atom is 0.126 e. The molecule has 15 heavy (non-hydrogen) atoms. The molecule has 6 atom stereocenters.